The molecular weight excluding hydrogens is 220 g/mol. The molecule has 0 aromatic carbocycles. The molecule has 2 heteroatoms. The van der Waals surface area contributed by atoms with Gasteiger partial charge in [0, 0.05) is 18.1 Å². The highest BCUT2D eigenvalue weighted by Gasteiger charge is 2.56. The second kappa shape index (κ2) is 5.50. The summed E-state index contributed by atoms with van der Waals surface area (Å²) in [7, 11) is 0. The van der Waals surface area contributed by atoms with E-state index >= 15 is 0 Å². The molecule has 8 atom stereocenters. The SMILES string of the molecule is CCCC(N)CC(C)C1C(C)C1C(C)C1NC1C. The van der Waals surface area contributed by atoms with Crippen molar-refractivity contribution in [3.8, 4) is 0 Å². The monoisotopic (exact) mass is 252 g/mol. The fourth-order valence-electron chi connectivity index (χ4n) is 4.47. The van der Waals surface area contributed by atoms with Crippen molar-refractivity contribution in [1.82, 2.24) is 5.32 Å². The van der Waals surface area contributed by atoms with Crippen LogP contribution in [0.5, 0.6) is 0 Å². The predicted molar refractivity (Wildman–Crippen MR) is 78.4 cm³/mol. The second-order valence-electron chi connectivity index (χ2n) is 7.12. The van der Waals surface area contributed by atoms with Crippen LogP contribution in [0.2, 0.25) is 0 Å². The van der Waals surface area contributed by atoms with E-state index in [1.54, 1.807) is 0 Å². The quantitative estimate of drug-likeness (QED) is 0.684. The fraction of sp³-hybridized carbons (Fsp3) is 1.00. The number of nitrogens with two attached hydrogens (primary N) is 1. The molecule has 0 spiro atoms. The van der Waals surface area contributed by atoms with Gasteiger partial charge in [-0.15, -0.1) is 0 Å². The molecule has 2 nitrogen and oxygen atoms in total. The van der Waals surface area contributed by atoms with Crippen LogP contribution in [0.1, 0.15) is 53.9 Å². The molecule has 0 aromatic heterocycles. The molecule has 3 N–H and O–H groups in total. The normalized spacial score (nSPS) is 43.3. The summed E-state index contributed by atoms with van der Waals surface area (Å²) in [6.45, 7) is 11.9. The van der Waals surface area contributed by atoms with E-state index in [0.717, 1.165) is 41.7 Å². The van der Waals surface area contributed by atoms with Crippen molar-refractivity contribution in [2.24, 2.45) is 35.3 Å². The molecule has 18 heavy (non-hydrogen) atoms. The van der Waals surface area contributed by atoms with Crippen LogP contribution >= 0.6 is 0 Å². The van der Waals surface area contributed by atoms with Gasteiger partial charge in [0.05, 0.1) is 0 Å². The zero-order valence-corrected chi connectivity index (χ0v) is 12.8. The van der Waals surface area contributed by atoms with Gasteiger partial charge in [0.2, 0.25) is 0 Å². The predicted octanol–water partition coefficient (Wildman–Crippen LogP) is 3.02. The van der Waals surface area contributed by atoms with Crippen molar-refractivity contribution < 1.29 is 0 Å². The van der Waals surface area contributed by atoms with Crippen LogP contribution in [0.25, 0.3) is 0 Å². The topological polar surface area (TPSA) is 48.0 Å². The van der Waals surface area contributed by atoms with Crippen LogP contribution in [0, 0.1) is 29.6 Å². The summed E-state index contributed by atoms with van der Waals surface area (Å²) in [6, 6.07) is 1.97. The summed E-state index contributed by atoms with van der Waals surface area (Å²) in [5, 5.41) is 3.57. The fourth-order valence-corrected chi connectivity index (χ4v) is 4.47. The van der Waals surface area contributed by atoms with Gasteiger partial charge in [-0.25, -0.2) is 0 Å². The minimum Gasteiger partial charge on any atom is -0.328 e. The van der Waals surface area contributed by atoms with Gasteiger partial charge in [-0.2, -0.15) is 0 Å². The van der Waals surface area contributed by atoms with Crippen molar-refractivity contribution in [2.75, 3.05) is 0 Å². The molecule has 0 amide bonds. The van der Waals surface area contributed by atoms with Crippen molar-refractivity contribution in [1.29, 1.82) is 0 Å². The largest absolute Gasteiger partial charge is 0.328 e. The van der Waals surface area contributed by atoms with E-state index in [1.807, 2.05) is 0 Å². The molecule has 2 aliphatic rings. The average Bonchev–Trinajstić information content (AvgIpc) is 3.15. The molecule has 1 heterocycles. The van der Waals surface area contributed by atoms with Crippen LogP contribution in [0.3, 0.4) is 0 Å². The zero-order chi connectivity index (χ0) is 13.4. The van der Waals surface area contributed by atoms with Crippen molar-refractivity contribution in [3.63, 3.8) is 0 Å². The van der Waals surface area contributed by atoms with E-state index in [4.69, 9.17) is 5.73 Å². The first kappa shape index (κ1) is 14.3. The first-order valence-electron chi connectivity index (χ1n) is 7.99. The highest BCUT2D eigenvalue weighted by Crippen LogP contribution is 2.57. The summed E-state index contributed by atoms with van der Waals surface area (Å²) in [5.41, 5.74) is 6.20. The van der Waals surface area contributed by atoms with Crippen LogP contribution in [0.4, 0.5) is 0 Å². The third kappa shape index (κ3) is 2.91. The highest BCUT2D eigenvalue weighted by atomic mass is 15.1. The maximum absolute atomic E-state index is 6.20. The smallest absolute Gasteiger partial charge is 0.0250 e. The lowest BCUT2D eigenvalue weighted by Gasteiger charge is -2.18. The van der Waals surface area contributed by atoms with Crippen molar-refractivity contribution >= 4 is 0 Å². The molecule has 1 saturated carbocycles. The van der Waals surface area contributed by atoms with Crippen LogP contribution in [-0.2, 0) is 0 Å². The lowest BCUT2D eigenvalue weighted by molar-refractivity contribution is 0.354. The molecule has 8 unspecified atom stereocenters. The maximum Gasteiger partial charge on any atom is 0.0250 e. The Hall–Kier alpha value is -0.0800. The first-order chi connectivity index (χ1) is 8.47. The Morgan fingerprint density at radius 2 is 1.78 bits per heavy atom. The third-order valence-electron chi connectivity index (χ3n) is 5.57. The number of hydrogen-bond donors (Lipinski definition) is 2. The van der Waals surface area contributed by atoms with E-state index < -0.39 is 0 Å². The molecular formula is C16H32N2. The summed E-state index contributed by atoms with van der Waals surface area (Å²) in [4.78, 5) is 0. The second-order valence-corrected chi connectivity index (χ2v) is 7.12. The summed E-state index contributed by atoms with van der Waals surface area (Å²) in [5.74, 6) is 4.44. The highest BCUT2D eigenvalue weighted by molar-refractivity contribution is 5.08. The van der Waals surface area contributed by atoms with Gasteiger partial charge in [0.15, 0.2) is 0 Å². The summed E-state index contributed by atoms with van der Waals surface area (Å²) < 4.78 is 0. The Morgan fingerprint density at radius 3 is 2.28 bits per heavy atom. The lowest BCUT2D eigenvalue weighted by atomic mass is 9.90. The number of hydrogen-bond acceptors (Lipinski definition) is 2. The van der Waals surface area contributed by atoms with Gasteiger partial charge in [0.1, 0.15) is 0 Å². The van der Waals surface area contributed by atoms with Gasteiger partial charge >= 0.3 is 0 Å². The Kier molecular flexibility index (Phi) is 4.38. The van der Waals surface area contributed by atoms with E-state index in [2.05, 4.69) is 39.9 Å². The minimum atomic E-state index is 0.423. The summed E-state index contributed by atoms with van der Waals surface area (Å²) >= 11 is 0. The zero-order valence-electron chi connectivity index (χ0n) is 12.8. The van der Waals surface area contributed by atoms with E-state index in [-0.39, 0.29) is 0 Å². The molecule has 106 valence electrons. The standard InChI is InChI=1S/C16H32N2/c1-6-7-13(17)8-9(2)14-10(3)15(14)11(4)16-12(5)18-16/h9-16,18H,6-8,17H2,1-5H3. The minimum absolute atomic E-state index is 0.423. The molecule has 2 rings (SSSR count). The van der Waals surface area contributed by atoms with E-state index in [0.29, 0.717) is 6.04 Å². The van der Waals surface area contributed by atoms with Gasteiger partial charge in [-0.3, -0.25) is 0 Å². The summed E-state index contributed by atoms with van der Waals surface area (Å²) in [6.07, 6.45) is 3.63. The Labute approximate surface area is 113 Å². The Morgan fingerprint density at radius 1 is 1.17 bits per heavy atom. The molecule has 1 aliphatic heterocycles. The molecule has 0 aromatic rings. The molecule has 2 fully saturated rings. The van der Waals surface area contributed by atoms with Gasteiger partial charge in [-0.1, -0.05) is 34.1 Å². The first-order valence-corrected chi connectivity index (χ1v) is 7.99. The Bertz CT molecular complexity index is 278. The molecule has 1 saturated heterocycles. The molecule has 1 aliphatic carbocycles. The van der Waals surface area contributed by atoms with Crippen molar-refractivity contribution in [2.45, 2.75) is 72.0 Å². The molecule has 0 bridgehead atoms. The lowest BCUT2D eigenvalue weighted by Crippen LogP contribution is -2.24. The molecule has 0 radical (unpaired) electrons. The van der Waals surface area contributed by atoms with Gasteiger partial charge < -0.3 is 11.1 Å². The number of rotatable bonds is 7. The van der Waals surface area contributed by atoms with Crippen LogP contribution in [0.15, 0.2) is 0 Å². The van der Waals surface area contributed by atoms with Crippen LogP contribution in [-0.4, -0.2) is 18.1 Å². The van der Waals surface area contributed by atoms with Crippen LogP contribution < -0.4 is 11.1 Å². The Balaban J connectivity index is 1.79. The maximum atomic E-state index is 6.20. The van der Waals surface area contributed by atoms with E-state index in [1.165, 1.54) is 19.3 Å². The number of nitrogens with one attached hydrogen (secondary N) is 1. The van der Waals surface area contributed by atoms with Gasteiger partial charge in [-0.05, 0) is 49.4 Å². The average molecular weight is 252 g/mol. The third-order valence-corrected chi connectivity index (χ3v) is 5.57. The van der Waals surface area contributed by atoms with Crippen molar-refractivity contribution in [3.05, 3.63) is 0 Å². The van der Waals surface area contributed by atoms with Gasteiger partial charge in [0.25, 0.3) is 0 Å². The van der Waals surface area contributed by atoms with E-state index in [9.17, 15) is 0 Å².